The third-order valence-corrected chi connectivity index (χ3v) is 5.82. The van der Waals surface area contributed by atoms with E-state index in [2.05, 4.69) is 38.0 Å². The number of hydrogen-bond donors (Lipinski definition) is 1. The van der Waals surface area contributed by atoms with Gasteiger partial charge in [0.15, 0.2) is 11.0 Å². The van der Waals surface area contributed by atoms with Crippen molar-refractivity contribution in [3.05, 3.63) is 69.6 Å². The van der Waals surface area contributed by atoms with Crippen LogP contribution in [0.15, 0.2) is 64.7 Å². The summed E-state index contributed by atoms with van der Waals surface area (Å²) in [7, 11) is 0. The van der Waals surface area contributed by atoms with Crippen LogP contribution in [0.1, 0.15) is 0 Å². The zero-order valence-electron chi connectivity index (χ0n) is 14.5. The molecule has 0 aliphatic carbocycles. The molecule has 0 aliphatic heterocycles. The summed E-state index contributed by atoms with van der Waals surface area (Å²) >= 11 is 16.9. The molecule has 9 heteroatoms. The Morgan fingerprint density at radius 1 is 1.18 bits per heavy atom. The number of carbonyl (C=O) groups is 1. The molecule has 0 atom stereocenters. The van der Waals surface area contributed by atoms with Gasteiger partial charge >= 0.3 is 0 Å². The summed E-state index contributed by atoms with van der Waals surface area (Å²) in [5.41, 5.74) is 1.33. The quantitative estimate of drug-likeness (QED) is 0.324. The number of nitrogens with zero attached hydrogens (tertiary/aromatic N) is 3. The van der Waals surface area contributed by atoms with Gasteiger partial charge in [-0.05, 0) is 24.3 Å². The Kier molecular flexibility index (Phi) is 7.18. The molecule has 144 valence electrons. The average molecular weight is 498 g/mol. The molecule has 3 rings (SSSR count). The molecule has 0 fully saturated rings. The Hall–Kier alpha value is -1.80. The molecule has 1 heterocycles. The first-order valence-corrected chi connectivity index (χ1v) is 10.7. The highest BCUT2D eigenvalue weighted by molar-refractivity contribution is 9.10. The van der Waals surface area contributed by atoms with E-state index in [0.717, 1.165) is 10.0 Å². The SMILES string of the molecule is C=CCn1c(SCC(=O)Nc2c(Cl)cccc2Cl)nnc1-c1ccc(Br)cc1. The monoisotopic (exact) mass is 496 g/mol. The molecule has 2 aromatic carbocycles. The molecule has 0 unspecified atom stereocenters. The number of aromatic nitrogens is 3. The van der Waals surface area contributed by atoms with Gasteiger partial charge in [0, 0.05) is 16.6 Å². The van der Waals surface area contributed by atoms with Crippen molar-refractivity contribution in [3.8, 4) is 11.4 Å². The molecule has 0 aliphatic rings. The zero-order valence-corrected chi connectivity index (χ0v) is 18.4. The Bertz CT molecular complexity index is 987. The van der Waals surface area contributed by atoms with Crippen LogP contribution in [0.3, 0.4) is 0 Å². The molecule has 1 amide bonds. The number of anilines is 1. The van der Waals surface area contributed by atoms with Crippen molar-refractivity contribution in [2.75, 3.05) is 11.1 Å². The van der Waals surface area contributed by atoms with Crippen LogP contribution in [0, 0.1) is 0 Å². The normalized spacial score (nSPS) is 10.7. The molecule has 28 heavy (non-hydrogen) atoms. The number of rotatable bonds is 7. The van der Waals surface area contributed by atoms with Crippen LogP contribution in [0.5, 0.6) is 0 Å². The van der Waals surface area contributed by atoms with Gasteiger partial charge in [0.1, 0.15) is 0 Å². The fraction of sp³-hybridized carbons (Fsp3) is 0.105. The van der Waals surface area contributed by atoms with Gasteiger partial charge in [0.05, 0.1) is 21.5 Å². The number of thioether (sulfide) groups is 1. The van der Waals surface area contributed by atoms with Gasteiger partial charge in [-0.15, -0.1) is 16.8 Å². The number of benzene rings is 2. The van der Waals surface area contributed by atoms with Crippen LogP contribution < -0.4 is 5.32 Å². The van der Waals surface area contributed by atoms with Crippen LogP contribution in [0.4, 0.5) is 5.69 Å². The zero-order chi connectivity index (χ0) is 20.1. The van der Waals surface area contributed by atoms with Gasteiger partial charge in [-0.3, -0.25) is 9.36 Å². The molecule has 3 aromatic rings. The molecule has 0 bridgehead atoms. The Morgan fingerprint density at radius 2 is 1.86 bits per heavy atom. The largest absolute Gasteiger partial charge is 0.323 e. The van der Waals surface area contributed by atoms with E-state index in [1.807, 2.05) is 28.8 Å². The van der Waals surface area contributed by atoms with E-state index in [9.17, 15) is 4.79 Å². The molecular formula is C19H15BrCl2N4OS. The van der Waals surface area contributed by atoms with E-state index in [1.165, 1.54) is 11.8 Å². The summed E-state index contributed by atoms with van der Waals surface area (Å²) in [5.74, 6) is 0.611. The maximum atomic E-state index is 12.3. The lowest BCUT2D eigenvalue weighted by molar-refractivity contribution is -0.113. The molecule has 1 N–H and O–H groups in total. The van der Waals surface area contributed by atoms with Crippen molar-refractivity contribution in [2.45, 2.75) is 11.7 Å². The molecule has 1 aromatic heterocycles. The maximum absolute atomic E-state index is 12.3. The predicted molar refractivity (Wildman–Crippen MR) is 119 cm³/mol. The lowest BCUT2D eigenvalue weighted by Crippen LogP contribution is -2.15. The topological polar surface area (TPSA) is 59.8 Å². The highest BCUT2D eigenvalue weighted by atomic mass is 79.9. The van der Waals surface area contributed by atoms with Gasteiger partial charge < -0.3 is 5.32 Å². The Balaban J connectivity index is 1.74. The second-order valence-electron chi connectivity index (χ2n) is 5.65. The molecule has 0 saturated heterocycles. The fourth-order valence-electron chi connectivity index (χ4n) is 2.42. The number of carbonyl (C=O) groups excluding carboxylic acids is 1. The second-order valence-corrected chi connectivity index (χ2v) is 8.32. The van der Waals surface area contributed by atoms with Crippen molar-refractivity contribution >= 4 is 62.5 Å². The first-order chi connectivity index (χ1) is 13.5. The number of amides is 1. The first-order valence-electron chi connectivity index (χ1n) is 8.16. The lowest BCUT2D eigenvalue weighted by Gasteiger charge is -2.10. The van der Waals surface area contributed by atoms with Gasteiger partial charge in [0.25, 0.3) is 0 Å². The molecule has 0 spiro atoms. The number of hydrogen-bond acceptors (Lipinski definition) is 4. The number of allylic oxidation sites excluding steroid dienone is 1. The van der Waals surface area contributed by atoms with Gasteiger partial charge in [-0.25, -0.2) is 0 Å². The number of nitrogens with one attached hydrogen (secondary N) is 1. The minimum absolute atomic E-state index is 0.136. The van der Waals surface area contributed by atoms with Crippen molar-refractivity contribution < 1.29 is 4.79 Å². The van der Waals surface area contributed by atoms with E-state index < -0.39 is 0 Å². The van der Waals surface area contributed by atoms with Gasteiger partial charge in [0.2, 0.25) is 5.91 Å². The summed E-state index contributed by atoms with van der Waals surface area (Å²) in [6, 6.07) is 12.8. The maximum Gasteiger partial charge on any atom is 0.234 e. The molecular weight excluding hydrogens is 483 g/mol. The van der Waals surface area contributed by atoms with Crippen molar-refractivity contribution in [3.63, 3.8) is 0 Å². The van der Waals surface area contributed by atoms with E-state index >= 15 is 0 Å². The van der Waals surface area contributed by atoms with Gasteiger partial charge in [-0.1, -0.05) is 75.2 Å². The first kappa shape index (κ1) is 20.9. The number of halogens is 3. The smallest absolute Gasteiger partial charge is 0.234 e. The Morgan fingerprint density at radius 3 is 2.50 bits per heavy atom. The van der Waals surface area contributed by atoms with Crippen LogP contribution in [-0.4, -0.2) is 26.4 Å². The summed E-state index contributed by atoms with van der Waals surface area (Å²) < 4.78 is 2.90. The van der Waals surface area contributed by atoms with Crippen molar-refractivity contribution in [2.24, 2.45) is 0 Å². The average Bonchev–Trinajstić information content (AvgIpc) is 3.07. The van der Waals surface area contributed by atoms with Crippen LogP contribution in [-0.2, 0) is 11.3 Å². The van der Waals surface area contributed by atoms with E-state index in [1.54, 1.807) is 24.3 Å². The fourth-order valence-corrected chi connectivity index (χ4v) is 3.93. The summed E-state index contributed by atoms with van der Waals surface area (Å²) in [5, 5.41) is 12.6. The standard InChI is InChI=1S/C19H15BrCl2N4OS/c1-2-10-26-18(12-6-8-13(20)9-7-12)24-25-19(26)28-11-16(27)23-17-14(21)4-3-5-15(17)22/h2-9H,1,10-11H2,(H,23,27). The number of para-hydroxylation sites is 1. The predicted octanol–water partition coefficient (Wildman–Crippen LogP) is 5.93. The molecule has 0 saturated carbocycles. The minimum atomic E-state index is -0.238. The van der Waals surface area contributed by atoms with Crippen LogP contribution in [0.2, 0.25) is 10.0 Å². The van der Waals surface area contributed by atoms with E-state index in [4.69, 9.17) is 23.2 Å². The van der Waals surface area contributed by atoms with Crippen molar-refractivity contribution in [1.82, 2.24) is 14.8 Å². The molecule has 5 nitrogen and oxygen atoms in total. The highest BCUT2D eigenvalue weighted by Gasteiger charge is 2.16. The summed E-state index contributed by atoms with van der Waals surface area (Å²) in [4.78, 5) is 12.3. The summed E-state index contributed by atoms with van der Waals surface area (Å²) in [6.07, 6.45) is 1.76. The third kappa shape index (κ3) is 4.97. The van der Waals surface area contributed by atoms with Gasteiger partial charge in [-0.2, -0.15) is 0 Å². The second kappa shape index (κ2) is 9.60. The summed E-state index contributed by atoms with van der Waals surface area (Å²) in [6.45, 7) is 4.32. The van der Waals surface area contributed by atoms with Crippen LogP contribution in [0.25, 0.3) is 11.4 Å². The third-order valence-electron chi connectivity index (χ3n) is 3.69. The Labute approximate surface area is 185 Å². The lowest BCUT2D eigenvalue weighted by atomic mass is 10.2. The minimum Gasteiger partial charge on any atom is -0.323 e. The van der Waals surface area contributed by atoms with Crippen molar-refractivity contribution in [1.29, 1.82) is 0 Å². The van der Waals surface area contributed by atoms with E-state index in [-0.39, 0.29) is 11.7 Å². The van der Waals surface area contributed by atoms with E-state index in [0.29, 0.717) is 33.3 Å². The van der Waals surface area contributed by atoms with Crippen LogP contribution >= 0.6 is 50.9 Å². The highest BCUT2D eigenvalue weighted by Crippen LogP contribution is 2.30. The molecule has 0 radical (unpaired) electrons.